The average Bonchev–Trinajstić information content (AvgIpc) is 2.98. The topological polar surface area (TPSA) is 90.3 Å². The van der Waals surface area contributed by atoms with Crippen LogP contribution in [0.15, 0.2) is 42.5 Å². The second-order valence-electron chi connectivity index (χ2n) is 6.46. The Labute approximate surface area is 150 Å². The number of fused-ring (bicyclic) bond motifs is 1. The Balaban J connectivity index is 1.64. The number of carbonyl (C=O) groups excluding carboxylic acids is 3. The number of hydrogen-bond acceptors (Lipinski definition) is 4. The maximum absolute atomic E-state index is 12.7. The maximum Gasteiger partial charge on any atom is 0.255 e. The van der Waals surface area contributed by atoms with Crippen LogP contribution in [0.3, 0.4) is 0 Å². The minimum absolute atomic E-state index is 0.188. The minimum Gasteiger partial charge on any atom is -0.322 e. The lowest BCUT2D eigenvalue weighted by Gasteiger charge is -2.29. The van der Waals surface area contributed by atoms with Crippen molar-refractivity contribution in [3.8, 4) is 17.2 Å². The van der Waals surface area contributed by atoms with Crippen molar-refractivity contribution in [1.29, 1.82) is 5.26 Å². The Morgan fingerprint density at radius 2 is 1.88 bits per heavy atom. The number of amides is 3. The summed E-state index contributed by atoms with van der Waals surface area (Å²) in [5, 5.41) is 11.4. The maximum atomic E-state index is 12.7. The number of nitriles is 1. The van der Waals surface area contributed by atoms with E-state index in [9.17, 15) is 14.4 Å². The largest absolute Gasteiger partial charge is 0.322 e. The predicted octanol–water partition coefficient (Wildman–Crippen LogP) is 1.99. The standard InChI is InChI=1S/C20H15N3O3/c21-10-12-2-1-3-13(8-12)14-4-5-16-15(9-14)11-23(20(16)26)17-6-7-18(24)22-19(17)25/h1-5,8-9,17H,6-7,11H2,(H,22,24,25). The summed E-state index contributed by atoms with van der Waals surface area (Å²) in [6.07, 6.45) is 0.588. The van der Waals surface area contributed by atoms with Crippen molar-refractivity contribution in [3.05, 3.63) is 59.2 Å². The number of carbonyl (C=O) groups is 3. The van der Waals surface area contributed by atoms with Gasteiger partial charge in [-0.2, -0.15) is 5.26 Å². The molecule has 2 aliphatic heterocycles. The van der Waals surface area contributed by atoms with E-state index in [-0.39, 0.29) is 18.2 Å². The van der Waals surface area contributed by atoms with Gasteiger partial charge in [0, 0.05) is 18.5 Å². The van der Waals surface area contributed by atoms with E-state index in [1.807, 2.05) is 24.3 Å². The van der Waals surface area contributed by atoms with Gasteiger partial charge in [-0.25, -0.2) is 0 Å². The van der Waals surface area contributed by atoms with Crippen molar-refractivity contribution < 1.29 is 14.4 Å². The summed E-state index contributed by atoms with van der Waals surface area (Å²) in [6.45, 7) is 0.340. The molecule has 2 aliphatic rings. The van der Waals surface area contributed by atoms with Crippen LogP contribution in [0.25, 0.3) is 11.1 Å². The van der Waals surface area contributed by atoms with E-state index in [2.05, 4.69) is 11.4 Å². The Morgan fingerprint density at radius 3 is 2.65 bits per heavy atom. The molecule has 4 rings (SSSR count). The van der Waals surface area contributed by atoms with E-state index in [1.165, 1.54) is 4.90 Å². The van der Waals surface area contributed by atoms with E-state index in [0.29, 0.717) is 24.1 Å². The summed E-state index contributed by atoms with van der Waals surface area (Å²) in [4.78, 5) is 37.6. The van der Waals surface area contributed by atoms with Gasteiger partial charge in [0.05, 0.1) is 11.6 Å². The van der Waals surface area contributed by atoms with Gasteiger partial charge in [-0.1, -0.05) is 18.2 Å². The van der Waals surface area contributed by atoms with Crippen LogP contribution < -0.4 is 5.32 Å². The molecule has 128 valence electrons. The molecule has 1 unspecified atom stereocenters. The molecule has 0 radical (unpaired) electrons. The highest BCUT2D eigenvalue weighted by atomic mass is 16.2. The zero-order valence-corrected chi connectivity index (χ0v) is 13.9. The van der Waals surface area contributed by atoms with Crippen LogP contribution in [0, 0.1) is 11.3 Å². The summed E-state index contributed by atoms with van der Waals surface area (Å²) in [5.41, 5.74) is 3.82. The molecule has 0 saturated carbocycles. The number of piperidine rings is 1. The number of rotatable bonds is 2. The van der Waals surface area contributed by atoms with E-state index in [4.69, 9.17) is 5.26 Å². The van der Waals surface area contributed by atoms with Crippen molar-refractivity contribution in [1.82, 2.24) is 10.2 Å². The molecule has 0 aromatic heterocycles. The first-order valence-electron chi connectivity index (χ1n) is 8.35. The Kier molecular flexibility index (Phi) is 3.77. The zero-order chi connectivity index (χ0) is 18.3. The Hall–Kier alpha value is -3.46. The molecule has 3 amide bonds. The average molecular weight is 345 g/mol. The van der Waals surface area contributed by atoms with Crippen LogP contribution in [0.5, 0.6) is 0 Å². The van der Waals surface area contributed by atoms with E-state index < -0.39 is 11.9 Å². The second kappa shape index (κ2) is 6.12. The smallest absolute Gasteiger partial charge is 0.255 e. The fourth-order valence-corrected chi connectivity index (χ4v) is 3.52. The Bertz CT molecular complexity index is 990. The van der Waals surface area contributed by atoms with Gasteiger partial charge in [-0.3, -0.25) is 19.7 Å². The summed E-state index contributed by atoms with van der Waals surface area (Å²) < 4.78 is 0. The second-order valence-corrected chi connectivity index (χ2v) is 6.46. The van der Waals surface area contributed by atoms with Gasteiger partial charge >= 0.3 is 0 Å². The zero-order valence-electron chi connectivity index (χ0n) is 13.9. The van der Waals surface area contributed by atoms with Crippen molar-refractivity contribution in [2.75, 3.05) is 0 Å². The van der Waals surface area contributed by atoms with Gasteiger partial charge in [0.15, 0.2) is 0 Å². The monoisotopic (exact) mass is 345 g/mol. The van der Waals surface area contributed by atoms with Gasteiger partial charge in [-0.05, 0) is 47.4 Å². The molecule has 0 spiro atoms. The van der Waals surface area contributed by atoms with Gasteiger partial charge in [-0.15, -0.1) is 0 Å². The third-order valence-corrected chi connectivity index (χ3v) is 4.85. The van der Waals surface area contributed by atoms with E-state index >= 15 is 0 Å². The summed E-state index contributed by atoms with van der Waals surface area (Å²) >= 11 is 0. The predicted molar refractivity (Wildman–Crippen MR) is 92.6 cm³/mol. The van der Waals surface area contributed by atoms with Gasteiger partial charge in [0.25, 0.3) is 5.91 Å². The highest BCUT2D eigenvalue weighted by Crippen LogP contribution is 2.31. The first kappa shape index (κ1) is 16.0. The molecule has 26 heavy (non-hydrogen) atoms. The first-order chi connectivity index (χ1) is 12.6. The van der Waals surface area contributed by atoms with E-state index in [0.717, 1.165) is 16.7 Å². The Morgan fingerprint density at radius 1 is 1.08 bits per heavy atom. The van der Waals surface area contributed by atoms with Crippen LogP contribution in [0.1, 0.15) is 34.3 Å². The number of imide groups is 1. The summed E-state index contributed by atoms with van der Waals surface area (Å²) in [7, 11) is 0. The molecule has 2 aromatic rings. The third-order valence-electron chi connectivity index (χ3n) is 4.85. The highest BCUT2D eigenvalue weighted by Gasteiger charge is 2.39. The lowest BCUT2D eigenvalue weighted by molar-refractivity contribution is -0.136. The number of hydrogen-bond donors (Lipinski definition) is 1. The van der Waals surface area contributed by atoms with Gasteiger partial charge in [0.2, 0.25) is 11.8 Å². The van der Waals surface area contributed by atoms with Crippen LogP contribution in [-0.2, 0) is 16.1 Å². The molecule has 0 bridgehead atoms. The fourth-order valence-electron chi connectivity index (χ4n) is 3.52. The van der Waals surface area contributed by atoms with Crippen molar-refractivity contribution in [2.45, 2.75) is 25.4 Å². The molecule has 2 aromatic carbocycles. The number of nitrogens with one attached hydrogen (secondary N) is 1. The third kappa shape index (κ3) is 2.64. The number of nitrogens with zero attached hydrogens (tertiary/aromatic N) is 2. The van der Waals surface area contributed by atoms with Crippen LogP contribution in [0.4, 0.5) is 0 Å². The van der Waals surface area contributed by atoms with Crippen LogP contribution in [0.2, 0.25) is 0 Å². The molecule has 1 N–H and O–H groups in total. The van der Waals surface area contributed by atoms with Gasteiger partial charge < -0.3 is 4.90 Å². The molecule has 6 nitrogen and oxygen atoms in total. The van der Waals surface area contributed by atoms with Crippen molar-refractivity contribution in [2.24, 2.45) is 0 Å². The van der Waals surface area contributed by atoms with E-state index in [1.54, 1.807) is 18.2 Å². The lowest BCUT2D eigenvalue weighted by atomic mass is 9.99. The molecule has 0 aliphatic carbocycles. The fraction of sp³-hybridized carbons (Fsp3) is 0.200. The first-order valence-corrected chi connectivity index (χ1v) is 8.35. The summed E-state index contributed by atoms with van der Waals surface area (Å²) in [5.74, 6) is -0.897. The van der Waals surface area contributed by atoms with Crippen molar-refractivity contribution >= 4 is 17.7 Å². The highest BCUT2D eigenvalue weighted by molar-refractivity contribution is 6.05. The molecular weight excluding hydrogens is 330 g/mol. The molecule has 1 fully saturated rings. The van der Waals surface area contributed by atoms with Crippen molar-refractivity contribution in [3.63, 3.8) is 0 Å². The quantitative estimate of drug-likeness (QED) is 0.843. The SMILES string of the molecule is N#Cc1cccc(-c2ccc3c(c2)CN(C2CCC(=O)NC2=O)C3=O)c1. The van der Waals surface area contributed by atoms with Crippen LogP contribution in [-0.4, -0.2) is 28.7 Å². The van der Waals surface area contributed by atoms with Crippen LogP contribution >= 0.6 is 0 Å². The molecule has 1 saturated heterocycles. The normalized spacial score (nSPS) is 19.1. The molecular formula is C20H15N3O3. The lowest BCUT2D eigenvalue weighted by Crippen LogP contribution is -2.52. The minimum atomic E-state index is -0.613. The molecule has 6 heteroatoms. The molecule has 1 atom stereocenters. The number of benzene rings is 2. The van der Waals surface area contributed by atoms with Gasteiger partial charge in [0.1, 0.15) is 6.04 Å². The summed E-state index contributed by atoms with van der Waals surface area (Å²) in [6, 6.07) is 14.3. The molecule has 2 heterocycles.